The number of amides is 1. The molecule has 0 spiro atoms. The molecule has 2 aromatic carbocycles. The molecule has 8 heteroatoms. The Morgan fingerprint density at radius 1 is 0.926 bits per heavy atom. The van der Waals surface area contributed by atoms with Crippen molar-refractivity contribution in [3.63, 3.8) is 0 Å². The molecule has 0 heterocycles. The van der Waals surface area contributed by atoms with E-state index in [9.17, 15) is 19.2 Å². The number of carbonyl (C=O) groups is 4. The van der Waals surface area contributed by atoms with Crippen molar-refractivity contribution in [2.75, 3.05) is 21.2 Å². The van der Waals surface area contributed by atoms with Gasteiger partial charge in [0.2, 0.25) is 5.78 Å². The fourth-order valence-corrected chi connectivity index (χ4v) is 2.14. The van der Waals surface area contributed by atoms with Gasteiger partial charge in [-0.3, -0.25) is 9.59 Å². The third-order valence-corrected chi connectivity index (χ3v) is 3.46. The van der Waals surface area contributed by atoms with E-state index in [0.29, 0.717) is 6.29 Å². The largest absolute Gasteiger partial charge is 0.513 e. The van der Waals surface area contributed by atoms with E-state index in [2.05, 4.69) is 4.74 Å². The molecule has 0 saturated carbocycles. The smallest absolute Gasteiger partial charge is 0.437 e. The van der Waals surface area contributed by atoms with Gasteiger partial charge < -0.3 is 19.1 Å². The lowest BCUT2D eigenvalue weighted by atomic mass is 9.99. The fraction of sp³-hybridized carbons (Fsp3) is 0.158. The predicted octanol–water partition coefficient (Wildman–Crippen LogP) is 2.94. The van der Waals surface area contributed by atoms with Gasteiger partial charge in [0, 0.05) is 14.1 Å². The van der Waals surface area contributed by atoms with E-state index in [1.807, 2.05) is 0 Å². The number of rotatable bonds is 5. The molecule has 140 valence electrons. The Morgan fingerprint density at radius 2 is 1.59 bits per heavy atom. The molecular weight excluding hydrogens is 354 g/mol. The molecule has 0 bridgehead atoms. The van der Waals surface area contributed by atoms with Crippen LogP contribution in [0.15, 0.2) is 42.5 Å². The van der Waals surface area contributed by atoms with Crippen LogP contribution in [0.1, 0.15) is 26.3 Å². The number of aldehydes is 1. The minimum atomic E-state index is -0.990. The second kappa shape index (κ2) is 8.61. The molecule has 2 aromatic rings. The quantitative estimate of drug-likeness (QED) is 0.345. The Bertz CT molecular complexity index is 889. The zero-order valence-electron chi connectivity index (χ0n) is 14.9. The van der Waals surface area contributed by atoms with Gasteiger partial charge in [0.05, 0.1) is 23.8 Å². The number of ketones is 1. The number of ether oxygens (including phenoxy) is 3. The van der Waals surface area contributed by atoms with E-state index < -0.39 is 18.0 Å². The molecule has 0 radical (unpaired) electrons. The maximum atomic E-state index is 13.0. The third kappa shape index (κ3) is 4.49. The lowest BCUT2D eigenvalue weighted by Crippen LogP contribution is -2.26. The van der Waals surface area contributed by atoms with Gasteiger partial charge in [-0.05, 0) is 24.3 Å². The lowest BCUT2D eigenvalue weighted by molar-refractivity contribution is 0.102. The van der Waals surface area contributed by atoms with Crippen molar-refractivity contribution < 1.29 is 33.4 Å². The average Bonchev–Trinajstić information content (AvgIpc) is 2.67. The maximum absolute atomic E-state index is 13.0. The van der Waals surface area contributed by atoms with Gasteiger partial charge in [-0.15, -0.1) is 0 Å². The van der Waals surface area contributed by atoms with Crippen molar-refractivity contribution >= 4 is 24.3 Å². The van der Waals surface area contributed by atoms with Crippen molar-refractivity contribution in [2.24, 2.45) is 0 Å². The van der Waals surface area contributed by atoms with E-state index in [-0.39, 0.29) is 28.2 Å². The third-order valence-electron chi connectivity index (χ3n) is 3.46. The summed E-state index contributed by atoms with van der Waals surface area (Å²) in [4.78, 5) is 48.9. The van der Waals surface area contributed by atoms with Gasteiger partial charge >= 0.3 is 12.2 Å². The highest BCUT2D eigenvalue weighted by molar-refractivity contribution is 6.13. The Kier molecular flexibility index (Phi) is 6.27. The summed E-state index contributed by atoms with van der Waals surface area (Å²) in [6, 6.07) is 10.3. The van der Waals surface area contributed by atoms with Crippen LogP contribution in [0.4, 0.5) is 9.59 Å². The van der Waals surface area contributed by atoms with Gasteiger partial charge in [-0.2, -0.15) is 0 Å². The SMILES string of the molecule is COC(=O)Oc1ccccc1C(=O)c1cccc(C=O)c1OC(=O)N(C)C. The molecule has 2 rings (SSSR count). The molecule has 0 N–H and O–H groups in total. The summed E-state index contributed by atoms with van der Waals surface area (Å²) in [6.07, 6.45) is -1.26. The summed E-state index contributed by atoms with van der Waals surface area (Å²) in [6.45, 7) is 0. The Labute approximate surface area is 155 Å². The van der Waals surface area contributed by atoms with Crippen LogP contribution in [0.25, 0.3) is 0 Å². The monoisotopic (exact) mass is 371 g/mol. The molecule has 0 atom stereocenters. The van der Waals surface area contributed by atoms with E-state index >= 15 is 0 Å². The molecule has 0 aliphatic carbocycles. The van der Waals surface area contributed by atoms with Crippen LogP contribution in [-0.2, 0) is 4.74 Å². The number of carbonyl (C=O) groups excluding carboxylic acids is 4. The topological polar surface area (TPSA) is 99.2 Å². The minimum Gasteiger partial charge on any atom is -0.437 e. The molecule has 0 fully saturated rings. The summed E-state index contributed by atoms with van der Waals surface area (Å²) in [5.74, 6) is -0.806. The summed E-state index contributed by atoms with van der Waals surface area (Å²) >= 11 is 0. The fourth-order valence-electron chi connectivity index (χ4n) is 2.14. The first kappa shape index (κ1) is 19.6. The van der Waals surface area contributed by atoms with Crippen LogP contribution in [0.2, 0.25) is 0 Å². The first-order valence-corrected chi connectivity index (χ1v) is 7.76. The molecule has 8 nitrogen and oxygen atoms in total. The first-order valence-electron chi connectivity index (χ1n) is 7.76. The average molecular weight is 371 g/mol. The van der Waals surface area contributed by atoms with E-state index in [1.54, 1.807) is 12.1 Å². The highest BCUT2D eigenvalue weighted by Gasteiger charge is 2.24. The summed E-state index contributed by atoms with van der Waals surface area (Å²) in [5.41, 5.74) is 0.0336. The number of nitrogens with zero attached hydrogens (tertiary/aromatic N) is 1. The zero-order chi connectivity index (χ0) is 20.0. The summed E-state index contributed by atoms with van der Waals surface area (Å²) in [7, 11) is 4.07. The highest BCUT2D eigenvalue weighted by Crippen LogP contribution is 2.29. The van der Waals surface area contributed by atoms with Crippen LogP contribution in [0.3, 0.4) is 0 Å². The number of hydrogen-bond donors (Lipinski definition) is 0. The van der Waals surface area contributed by atoms with E-state index in [1.165, 1.54) is 44.4 Å². The van der Waals surface area contributed by atoms with Crippen LogP contribution < -0.4 is 9.47 Å². The lowest BCUT2D eigenvalue weighted by Gasteiger charge is -2.15. The second-order valence-corrected chi connectivity index (χ2v) is 5.49. The van der Waals surface area contributed by atoms with Crippen LogP contribution in [0, 0.1) is 0 Å². The van der Waals surface area contributed by atoms with Gasteiger partial charge in [0.25, 0.3) is 0 Å². The van der Waals surface area contributed by atoms with E-state index in [0.717, 1.165) is 12.0 Å². The van der Waals surface area contributed by atoms with Gasteiger partial charge in [0.1, 0.15) is 5.75 Å². The number of para-hydroxylation sites is 2. The summed E-state index contributed by atoms with van der Waals surface area (Å²) < 4.78 is 14.6. The minimum absolute atomic E-state index is 0.0300. The normalized spacial score (nSPS) is 9.89. The predicted molar refractivity (Wildman–Crippen MR) is 94.4 cm³/mol. The van der Waals surface area contributed by atoms with Crippen molar-refractivity contribution in [2.45, 2.75) is 0 Å². The van der Waals surface area contributed by atoms with Gasteiger partial charge in [-0.1, -0.05) is 18.2 Å². The molecule has 0 aromatic heterocycles. The van der Waals surface area contributed by atoms with Crippen LogP contribution in [0.5, 0.6) is 11.5 Å². The molecule has 0 saturated heterocycles. The Hall–Kier alpha value is -3.68. The van der Waals surface area contributed by atoms with Crippen molar-refractivity contribution in [3.8, 4) is 11.5 Å². The van der Waals surface area contributed by atoms with Crippen molar-refractivity contribution in [3.05, 3.63) is 59.2 Å². The Morgan fingerprint density at radius 3 is 2.22 bits per heavy atom. The maximum Gasteiger partial charge on any atom is 0.513 e. The highest BCUT2D eigenvalue weighted by atomic mass is 16.7. The molecule has 27 heavy (non-hydrogen) atoms. The molecule has 0 unspecified atom stereocenters. The van der Waals surface area contributed by atoms with Crippen LogP contribution in [-0.4, -0.2) is 50.4 Å². The zero-order valence-corrected chi connectivity index (χ0v) is 14.9. The Balaban J connectivity index is 2.53. The number of hydrogen-bond acceptors (Lipinski definition) is 7. The van der Waals surface area contributed by atoms with E-state index in [4.69, 9.17) is 9.47 Å². The second-order valence-electron chi connectivity index (χ2n) is 5.49. The van der Waals surface area contributed by atoms with Crippen LogP contribution >= 0.6 is 0 Å². The molecule has 1 amide bonds. The number of benzene rings is 2. The first-order chi connectivity index (χ1) is 12.9. The molecule has 0 aliphatic rings. The summed E-state index contributed by atoms with van der Waals surface area (Å²) in [5, 5.41) is 0. The standard InChI is InChI=1S/C19H17NO7/c1-20(2)18(23)27-17-12(11-21)7-6-9-14(17)16(22)13-8-4-5-10-15(13)26-19(24)25-3/h4-11H,1-3H3. The molecular formula is C19H17NO7. The van der Waals surface area contributed by atoms with Gasteiger partial charge in [0.15, 0.2) is 12.0 Å². The van der Waals surface area contributed by atoms with Gasteiger partial charge in [-0.25, -0.2) is 9.59 Å². The van der Waals surface area contributed by atoms with Crippen molar-refractivity contribution in [1.29, 1.82) is 0 Å². The molecule has 0 aliphatic heterocycles. The van der Waals surface area contributed by atoms with Crippen molar-refractivity contribution in [1.82, 2.24) is 4.90 Å². The number of methoxy groups -OCH3 is 1.